The van der Waals surface area contributed by atoms with E-state index in [1.807, 2.05) is 6.07 Å². The molecule has 1 aliphatic rings. The molecular weight excluding hydrogens is 350 g/mol. The van der Waals surface area contributed by atoms with Crippen LogP contribution in [0.15, 0.2) is 24.3 Å². The van der Waals surface area contributed by atoms with Gasteiger partial charge in [-0.1, -0.05) is 32.3 Å². The van der Waals surface area contributed by atoms with E-state index in [4.69, 9.17) is 17.0 Å². The number of rotatable bonds is 7. The second-order valence-corrected chi connectivity index (χ2v) is 6.71. The Balaban J connectivity index is 1.84. The molecule has 0 aromatic heterocycles. The van der Waals surface area contributed by atoms with Gasteiger partial charge in [0.1, 0.15) is 0 Å². The van der Waals surface area contributed by atoms with Crippen molar-refractivity contribution in [2.45, 2.75) is 39.0 Å². The van der Waals surface area contributed by atoms with Gasteiger partial charge in [-0.05, 0) is 36.8 Å². The molecule has 0 bridgehead atoms. The Labute approximate surface area is 160 Å². The highest BCUT2D eigenvalue weighted by atomic mass is 32.1. The first kappa shape index (κ1) is 20.3. The van der Waals surface area contributed by atoms with Crippen LogP contribution in [0.3, 0.4) is 0 Å². The molecule has 1 aromatic carbocycles. The van der Waals surface area contributed by atoms with Gasteiger partial charge in [0.05, 0.1) is 13.2 Å². The number of carbonyl (C=O) groups excluding carboxylic acids is 2. The number of carbonyl (C=O) groups is 2. The van der Waals surface area contributed by atoms with Crippen LogP contribution in [0.2, 0.25) is 0 Å². The van der Waals surface area contributed by atoms with E-state index in [9.17, 15) is 9.59 Å². The first-order valence-corrected chi connectivity index (χ1v) is 9.59. The number of amides is 2. The number of hydrogen-bond donors (Lipinski definition) is 2. The lowest BCUT2D eigenvalue weighted by Gasteiger charge is -2.27. The number of nitrogens with one attached hydrogen (secondary N) is 2. The van der Waals surface area contributed by atoms with Gasteiger partial charge in [0.15, 0.2) is 5.11 Å². The minimum Gasteiger partial charge on any atom is -0.378 e. The van der Waals surface area contributed by atoms with Crippen LogP contribution in [-0.2, 0) is 9.53 Å². The van der Waals surface area contributed by atoms with E-state index < -0.39 is 0 Å². The third-order valence-electron chi connectivity index (χ3n) is 4.18. The summed E-state index contributed by atoms with van der Waals surface area (Å²) in [5, 5.41) is 5.91. The highest BCUT2D eigenvalue weighted by Crippen LogP contribution is 2.14. The summed E-state index contributed by atoms with van der Waals surface area (Å²) in [6, 6.07) is 7.14. The van der Waals surface area contributed by atoms with E-state index in [2.05, 4.69) is 17.6 Å². The van der Waals surface area contributed by atoms with Gasteiger partial charge in [-0.3, -0.25) is 9.59 Å². The number of morpholine rings is 1. The average molecular weight is 378 g/mol. The van der Waals surface area contributed by atoms with E-state index in [-0.39, 0.29) is 16.9 Å². The molecule has 2 N–H and O–H groups in total. The van der Waals surface area contributed by atoms with Gasteiger partial charge in [-0.15, -0.1) is 0 Å². The summed E-state index contributed by atoms with van der Waals surface area (Å²) in [6.45, 7) is 4.47. The Kier molecular flexibility index (Phi) is 8.50. The van der Waals surface area contributed by atoms with Crippen molar-refractivity contribution in [2.24, 2.45) is 0 Å². The Hall–Kier alpha value is -1.99. The normalized spacial score (nSPS) is 14.0. The molecule has 2 amide bonds. The molecule has 0 unspecified atom stereocenters. The lowest BCUT2D eigenvalue weighted by atomic mass is 10.1. The van der Waals surface area contributed by atoms with E-state index in [0.29, 0.717) is 44.0 Å². The fourth-order valence-corrected chi connectivity index (χ4v) is 2.97. The van der Waals surface area contributed by atoms with Crippen LogP contribution in [0.5, 0.6) is 0 Å². The number of thiocarbonyl (C=S) groups is 1. The lowest BCUT2D eigenvalue weighted by Crippen LogP contribution is -2.40. The van der Waals surface area contributed by atoms with Gasteiger partial charge >= 0.3 is 0 Å². The fourth-order valence-electron chi connectivity index (χ4n) is 2.74. The maximum absolute atomic E-state index is 12.5. The van der Waals surface area contributed by atoms with Crippen molar-refractivity contribution in [3.8, 4) is 0 Å². The molecule has 0 saturated carbocycles. The Bertz CT molecular complexity index is 630. The van der Waals surface area contributed by atoms with Crippen LogP contribution in [-0.4, -0.2) is 48.1 Å². The highest BCUT2D eigenvalue weighted by molar-refractivity contribution is 7.80. The Morgan fingerprint density at radius 1 is 1.19 bits per heavy atom. The van der Waals surface area contributed by atoms with E-state index >= 15 is 0 Å². The first-order chi connectivity index (χ1) is 12.6. The van der Waals surface area contributed by atoms with Crippen molar-refractivity contribution >= 4 is 34.8 Å². The summed E-state index contributed by atoms with van der Waals surface area (Å²) in [7, 11) is 0. The summed E-state index contributed by atoms with van der Waals surface area (Å²) in [6.07, 6.45) is 4.67. The fraction of sp³-hybridized carbons (Fsp3) is 0.526. The number of ether oxygens (including phenoxy) is 1. The average Bonchev–Trinajstić information content (AvgIpc) is 2.65. The third-order valence-corrected chi connectivity index (χ3v) is 4.38. The van der Waals surface area contributed by atoms with Gasteiger partial charge in [0.2, 0.25) is 5.91 Å². The van der Waals surface area contributed by atoms with Crippen molar-refractivity contribution in [1.29, 1.82) is 0 Å². The summed E-state index contributed by atoms with van der Waals surface area (Å²) >= 11 is 5.19. The van der Waals surface area contributed by atoms with Crippen LogP contribution < -0.4 is 10.6 Å². The van der Waals surface area contributed by atoms with Crippen molar-refractivity contribution in [3.63, 3.8) is 0 Å². The van der Waals surface area contributed by atoms with Crippen molar-refractivity contribution < 1.29 is 14.3 Å². The van der Waals surface area contributed by atoms with E-state index in [1.54, 1.807) is 23.1 Å². The SMILES string of the molecule is CCCCCCC(=O)NC(=S)Nc1cccc(C(=O)N2CCOCC2)c1. The van der Waals surface area contributed by atoms with Crippen LogP contribution in [0, 0.1) is 0 Å². The van der Waals surface area contributed by atoms with E-state index in [0.717, 1.165) is 25.7 Å². The number of hydrogen-bond acceptors (Lipinski definition) is 4. The molecule has 0 spiro atoms. The monoisotopic (exact) mass is 377 g/mol. The number of nitrogens with zero attached hydrogens (tertiary/aromatic N) is 1. The topological polar surface area (TPSA) is 70.7 Å². The summed E-state index contributed by atoms with van der Waals surface area (Å²) in [5.41, 5.74) is 1.27. The van der Waals surface area contributed by atoms with Gasteiger partial charge in [0, 0.05) is 30.8 Å². The smallest absolute Gasteiger partial charge is 0.254 e. The second-order valence-electron chi connectivity index (χ2n) is 6.30. The maximum Gasteiger partial charge on any atom is 0.254 e. The minimum absolute atomic E-state index is 0.0252. The second kappa shape index (κ2) is 10.9. The van der Waals surface area contributed by atoms with Crippen LogP contribution in [0.1, 0.15) is 49.4 Å². The molecule has 1 fully saturated rings. The molecule has 0 radical (unpaired) electrons. The van der Waals surface area contributed by atoms with Gasteiger partial charge in [-0.2, -0.15) is 0 Å². The summed E-state index contributed by atoms with van der Waals surface area (Å²) < 4.78 is 5.28. The summed E-state index contributed by atoms with van der Waals surface area (Å²) in [4.78, 5) is 26.2. The van der Waals surface area contributed by atoms with Gasteiger partial charge in [-0.25, -0.2) is 0 Å². The number of anilines is 1. The molecule has 1 aliphatic heterocycles. The van der Waals surface area contributed by atoms with Crippen LogP contribution in [0.4, 0.5) is 5.69 Å². The van der Waals surface area contributed by atoms with Gasteiger partial charge in [0.25, 0.3) is 5.91 Å². The molecule has 0 aliphatic carbocycles. The van der Waals surface area contributed by atoms with Crippen LogP contribution in [0.25, 0.3) is 0 Å². The molecule has 26 heavy (non-hydrogen) atoms. The quantitative estimate of drug-likeness (QED) is 0.565. The van der Waals surface area contributed by atoms with Crippen molar-refractivity contribution in [3.05, 3.63) is 29.8 Å². The summed E-state index contributed by atoms with van der Waals surface area (Å²) in [5.74, 6) is -0.109. The largest absolute Gasteiger partial charge is 0.378 e. The molecule has 1 saturated heterocycles. The molecule has 1 heterocycles. The molecule has 2 rings (SSSR count). The van der Waals surface area contributed by atoms with Gasteiger partial charge < -0.3 is 20.3 Å². The minimum atomic E-state index is -0.0841. The zero-order valence-corrected chi connectivity index (χ0v) is 16.1. The highest BCUT2D eigenvalue weighted by Gasteiger charge is 2.18. The zero-order chi connectivity index (χ0) is 18.8. The Morgan fingerprint density at radius 3 is 2.69 bits per heavy atom. The van der Waals surface area contributed by atoms with E-state index in [1.165, 1.54) is 0 Å². The third kappa shape index (κ3) is 6.72. The number of unbranched alkanes of at least 4 members (excludes halogenated alkanes) is 3. The predicted octanol–water partition coefficient (Wildman–Crippen LogP) is 2.94. The number of benzene rings is 1. The molecule has 0 atom stereocenters. The predicted molar refractivity (Wildman–Crippen MR) is 106 cm³/mol. The van der Waals surface area contributed by atoms with Crippen molar-refractivity contribution in [2.75, 3.05) is 31.6 Å². The first-order valence-electron chi connectivity index (χ1n) is 9.18. The van der Waals surface area contributed by atoms with Crippen molar-refractivity contribution in [1.82, 2.24) is 10.2 Å². The molecule has 142 valence electrons. The molecular formula is C19H27N3O3S. The molecule has 6 nitrogen and oxygen atoms in total. The standard InChI is InChI=1S/C19H27N3O3S/c1-2-3-4-5-9-17(23)21-19(26)20-16-8-6-7-15(14-16)18(24)22-10-12-25-13-11-22/h6-8,14H,2-5,9-13H2,1H3,(H2,20,21,23,26). The Morgan fingerprint density at radius 2 is 1.96 bits per heavy atom. The maximum atomic E-state index is 12.5. The van der Waals surface area contributed by atoms with Crippen LogP contribution >= 0.6 is 12.2 Å². The molecule has 1 aromatic rings. The lowest BCUT2D eigenvalue weighted by molar-refractivity contribution is -0.119. The molecule has 7 heteroatoms. The zero-order valence-electron chi connectivity index (χ0n) is 15.3.